The maximum atomic E-state index is 12.6. The second-order valence-corrected chi connectivity index (χ2v) is 6.36. The number of hydrogen-bond donors (Lipinski definition) is 0. The van der Waals surface area contributed by atoms with Crippen LogP contribution in [0.5, 0.6) is 0 Å². The Morgan fingerprint density at radius 2 is 1.66 bits per heavy atom. The molecule has 174 valence electrons. The normalized spacial score (nSPS) is 27.4. The number of carbonyl (C=O) groups excluding carboxylic acids is 5. The van der Waals surface area contributed by atoms with Gasteiger partial charge in [-0.1, -0.05) is 5.11 Å². The van der Waals surface area contributed by atoms with E-state index in [1.54, 1.807) is 0 Å². The summed E-state index contributed by atoms with van der Waals surface area (Å²) in [6.45, 7) is 2.41. The van der Waals surface area contributed by atoms with Crippen LogP contribution in [-0.4, -0.2) is 74.0 Å². The molecule has 0 amide bonds. The van der Waals surface area contributed by atoms with E-state index in [9.17, 15) is 24.0 Å². The summed E-state index contributed by atoms with van der Waals surface area (Å²) in [5, 5.41) is 6.64. The average Bonchev–Trinajstić information content (AvgIpc) is 2.71. The number of carbonyl (C=O) groups is 5. The molecule has 1 saturated heterocycles. The van der Waals surface area contributed by atoms with Gasteiger partial charge in [-0.15, -0.1) is 0 Å². The van der Waals surface area contributed by atoms with Gasteiger partial charge in [0.15, 0.2) is 12.2 Å². The largest absolute Gasteiger partial charge is 0.467 e. The molecule has 16 heteroatoms. The molecule has 0 aromatic heterocycles. The average molecular weight is 456 g/mol. The molecule has 1 heterocycles. The first-order valence-corrected chi connectivity index (χ1v) is 8.87. The summed E-state index contributed by atoms with van der Waals surface area (Å²) in [4.78, 5) is 64.2. The van der Waals surface area contributed by atoms with Crippen LogP contribution in [0.3, 0.4) is 0 Å². The smallest absolute Gasteiger partial charge is 0.345 e. The zero-order valence-electron chi connectivity index (χ0n) is 17.4. The SMILES string of the molecule is COC(=O)[C@]1(N=[N+]=[N-])OC(C(C=O)COC(C)=O)[C@H](OC(C)=O)C(OC(C)=O)C1N=[N+]=[N-]. The summed E-state index contributed by atoms with van der Waals surface area (Å²) >= 11 is 0. The highest BCUT2D eigenvalue weighted by Crippen LogP contribution is 2.40. The van der Waals surface area contributed by atoms with Gasteiger partial charge in [0.2, 0.25) is 0 Å². The van der Waals surface area contributed by atoms with Gasteiger partial charge >= 0.3 is 23.9 Å². The van der Waals surface area contributed by atoms with Crippen molar-refractivity contribution in [1.82, 2.24) is 0 Å². The highest BCUT2D eigenvalue weighted by molar-refractivity contribution is 5.81. The van der Waals surface area contributed by atoms with E-state index in [0.29, 0.717) is 0 Å². The van der Waals surface area contributed by atoms with Gasteiger partial charge < -0.3 is 28.5 Å². The van der Waals surface area contributed by atoms with Crippen LogP contribution in [0.4, 0.5) is 0 Å². The molecular weight excluding hydrogens is 436 g/mol. The first kappa shape index (κ1) is 26.2. The molecule has 0 N–H and O–H groups in total. The van der Waals surface area contributed by atoms with Crippen LogP contribution in [0.2, 0.25) is 0 Å². The molecule has 1 fully saturated rings. The Balaban J connectivity index is 3.82. The molecule has 0 bridgehead atoms. The quantitative estimate of drug-likeness (QED) is 0.116. The minimum absolute atomic E-state index is 0.265. The predicted molar refractivity (Wildman–Crippen MR) is 99.0 cm³/mol. The van der Waals surface area contributed by atoms with Crippen molar-refractivity contribution in [2.75, 3.05) is 13.7 Å². The Labute approximate surface area is 180 Å². The van der Waals surface area contributed by atoms with Gasteiger partial charge in [0.1, 0.15) is 25.0 Å². The highest BCUT2D eigenvalue weighted by atomic mass is 16.6. The molecule has 0 aliphatic carbocycles. The molecule has 0 radical (unpaired) electrons. The number of aldehydes is 1. The van der Waals surface area contributed by atoms with E-state index >= 15 is 0 Å². The minimum atomic E-state index is -2.77. The summed E-state index contributed by atoms with van der Waals surface area (Å²) in [6.07, 6.45) is -4.82. The van der Waals surface area contributed by atoms with E-state index < -0.39 is 66.5 Å². The van der Waals surface area contributed by atoms with Crippen molar-refractivity contribution in [3.8, 4) is 0 Å². The lowest BCUT2D eigenvalue weighted by molar-refractivity contribution is -0.253. The molecule has 4 unspecified atom stereocenters. The molecule has 32 heavy (non-hydrogen) atoms. The van der Waals surface area contributed by atoms with Crippen LogP contribution in [0.15, 0.2) is 10.2 Å². The summed E-state index contributed by atoms with van der Waals surface area (Å²) in [7, 11) is 0.900. The predicted octanol–water partition coefficient (Wildman–Crippen LogP) is 0.485. The molecule has 0 aromatic carbocycles. The van der Waals surface area contributed by atoms with E-state index in [1.165, 1.54) is 0 Å². The monoisotopic (exact) mass is 456 g/mol. The van der Waals surface area contributed by atoms with E-state index in [0.717, 1.165) is 27.9 Å². The molecule has 0 spiro atoms. The number of ether oxygens (including phenoxy) is 5. The van der Waals surface area contributed by atoms with Crippen molar-refractivity contribution in [2.45, 2.75) is 50.8 Å². The van der Waals surface area contributed by atoms with Gasteiger partial charge in [0, 0.05) is 30.6 Å². The first-order valence-electron chi connectivity index (χ1n) is 8.87. The van der Waals surface area contributed by atoms with Crippen LogP contribution in [0, 0.1) is 5.92 Å². The highest BCUT2D eigenvalue weighted by Gasteiger charge is 2.63. The van der Waals surface area contributed by atoms with Crippen molar-refractivity contribution in [3.05, 3.63) is 20.9 Å². The molecule has 1 aliphatic heterocycles. The van der Waals surface area contributed by atoms with Crippen molar-refractivity contribution < 1.29 is 47.7 Å². The van der Waals surface area contributed by atoms with Crippen LogP contribution < -0.4 is 0 Å². The lowest BCUT2D eigenvalue weighted by Gasteiger charge is -2.48. The van der Waals surface area contributed by atoms with Crippen molar-refractivity contribution >= 4 is 30.2 Å². The summed E-state index contributed by atoms with van der Waals surface area (Å²) < 4.78 is 25.3. The van der Waals surface area contributed by atoms with Gasteiger partial charge in [-0.05, 0) is 16.2 Å². The fourth-order valence-corrected chi connectivity index (χ4v) is 3.04. The first-order chi connectivity index (χ1) is 15.1. The molecular formula is C16H20N6O10. The summed E-state index contributed by atoms with van der Waals surface area (Å²) in [6, 6.07) is -1.92. The van der Waals surface area contributed by atoms with Gasteiger partial charge in [0.05, 0.1) is 13.0 Å². The molecule has 1 aliphatic rings. The van der Waals surface area contributed by atoms with Gasteiger partial charge in [-0.3, -0.25) is 14.4 Å². The number of esters is 4. The molecule has 0 saturated carbocycles. The third-order valence-electron chi connectivity index (χ3n) is 4.20. The zero-order valence-corrected chi connectivity index (χ0v) is 17.4. The Kier molecular flexibility index (Phi) is 9.41. The topological polar surface area (TPSA) is 229 Å². The number of methoxy groups -OCH3 is 1. The van der Waals surface area contributed by atoms with Crippen molar-refractivity contribution in [2.24, 2.45) is 16.1 Å². The van der Waals surface area contributed by atoms with Crippen molar-refractivity contribution in [1.29, 1.82) is 0 Å². The van der Waals surface area contributed by atoms with E-state index in [1.807, 2.05) is 0 Å². The number of rotatable bonds is 9. The lowest BCUT2D eigenvalue weighted by Crippen LogP contribution is -2.69. The minimum Gasteiger partial charge on any atom is -0.467 e. The van der Waals surface area contributed by atoms with E-state index in [2.05, 4.69) is 24.8 Å². The van der Waals surface area contributed by atoms with Crippen LogP contribution >= 0.6 is 0 Å². The van der Waals surface area contributed by atoms with Gasteiger partial charge in [-0.25, -0.2) is 4.79 Å². The number of azide groups is 2. The second-order valence-electron chi connectivity index (χ2n) is 6.36. The Morgan fingerprint density at radius 3 is 2.09 bits per heavy atom. The zero-order chi connectivity index (χ0) is 24.5. The molecule has 16 nitrogen and oxygen atoms in total. The van der Waals surface area contributed by atoms with Gasteiger partial charge in [-0.2, -0.15) is 0 Å². The van der Waals surface area contributed by atoms with Crippen LogP contribution in [0.1, 0.15) is 20.8 Å². The standard InChI is InChI=1S/C16H20N6O10/c1-7(24)29-6-10(5-23)11-12(30-8(2)25)13(31-9(3)26)14(19-21-17)16(32-11,20-22-18)15(27)28-4/h5,10-14H,6H2,1-4H3/t10?,11?,12-,13?,14?,16+/m0/s1. The lowest BCUT2D eigenvalue weighted by atomic mass is 9.84. The molecule has 0 aromatic rings. The second kappa shape index (κ2) is 11.5. The van der Waals surface area contributed by atoms with E-state index in [4.69, 9.17) is 30.0 Å². The van der Waals surface area contributed by atoms with Crippen LogP contribution in [-0.2, 0) is 47.7 Å². The number of nitrogens with zero attached hydrogens (tertiary/aromatic N) is 6. The Morgan fingerprint density at radius 1 is 1.06 bits per heavy atom. The van der Waals surface area contributed by atoms with E-state index in [-0.39, 0.29) is 6.29 Å². The fraction of sp³-hybridized carbons (Fsp3) is 0.688. The summed E-state index contributed by atoms with van der Waals surface area (Å²) in [5.41, 5.74) is 15.3. The summed E-state index contributed by atoms with van der Waals surface area (Å²) in [5.74, 6) is -5.44. The third kappa shape index (κ3) is 5.85. The molecule has 1 rings (SSSR count). The fourth-order valence-electron chi connectivity index (χ4n) is 3.04. The van der Waals surface area contributed by atoms with Gasteiger partial charge in [0.25, 0.3) is 5.72 Å². The van der Waals surface area contributed by atoms with Crippen molar-refractivity contribution in [3.63, 3.8) is 0 Å². The third-order valence-corrected chi connectivity index (χ3v) is 4.20. The maximum absolute atomic E-state index is 12.6. The van der Waals surface area contributed by atoms with Crippen LogP contribution in [0.25, 0.3) is 20.9 Å². The number of hydrogen-bond acceptors (Lipinski definition) is 12. The Hall–Kier alpha value is -3.87. The maximum Gasteiger partial charge on any atom is 0.345 e. The Bertz CT molecular complexity index is 867. The molecule has 6 atom stereocenters.